The van der Waals surface area contributed by atoms with Crippen LogP contribution >= 0.6 is 11.3 Å². The fourth-order valence-electron chi connectivity index (χ4n) is 1.62. The van der Waals surface area contributed by atoms with Crippen molar-refractivity contribution in [2.24, 2.45) is 0 Å². The van der Waals surface area contributed by atoms with Crippen molar-refractivity contribution in [3.63, 3.8) is 0 Å². The number of carboxylic acid groups (broad SMARTS) is 1. The van der Waals surface area contributed by atoms with Gasteiger partial charge in [0.25, 0.3) is 0 Å². The van der Waals surface area contributed by atoms with E-state index in [0.717, 1.165) is 11.4 Å². The summed E-state index contributed by atoms with van der Waals surface area (Å²) in [6.07, 6.45) is 0. The summed E-state index contributed by atoms with van der Waals surface area (Å²) >= 11 is 1.47. The fraction of sp³-hybridized carbons (Fsp3) is 0.214. The van der Waals surface area contributed by atoms with Gasteiger partial charge in [-0.05, 0) is 18.6 Å². The van der Waals surface area contributed by atoms with Crippen LogP contribution in [0.5, 0.6) is 0 Å². The van der Waals surface area contributed by atoms with Crippen LogP contribution in [-0.4, -0.2) is 11.1 Å². The lowest BCUT2D eigenvalue weighted by Gasteiger charge is -2.03. The zero-order valence-electron chi connectivity index (χ0n) is 10.1. The van der Waals surface area contributed by atoms with E-state index in [9.17, 15) is 4.79 Å². The molecule has 0 bridgehead atoms. The third-order valence-electron chi connectivity index (χ3n) is 2.65. The normalized spacial score (nSPS) is 10.5. The standard InChI is InChI=1S/C14H15NO2S/c1-10-2-4-11(5-3-10)7-15-8-13-6-12(9-18-13)14(16)17/h2-6,9,15H,7-8H2,1H3,(H,16,17). The van der Waals surface area contributed by atoms with Gasteiger partial charge in [-0.3, -0.25) is 0 Å². The molecule has 0 radical (unpaired) electrons. The number of benzene rings is 1. The summed E-state index contributed by atoms with van der Waals surface area (Å²) in [6.45, 7) is 3.56. The van der Waals surface area contributed by atoms with E-state index in [2.05, 4.69) is 36.5 Å². The van der Waals surface area contributed by atoms with Crippen molar-refractivity contribution >= 4 is 17.3 Å². The van der Waals surface area contributed by atoms with Crippen LogP contribution in [0.25, 0.3) is 0 Å². The molecule has 18 heavy (non-hydrogen) atoms. The largest absolute Gasteiger partial charge is 0.478 e. The molecule has 0 aliphatic carbocycles. The number of carbonyl (C=O) groups is 1. The summed E-state index contributed by atoms with van der Waals surface area (Å²) in [6, 6.07) is 10.1. The van der Waals surface area contributed by atoms with Crippen molar-refractivity contribution < 1.29 is 9.90 Å². The monoisotopic (exact) mass is 261 g/mol. The summed E-state index contributed by atoms with van der Waals surface area (Å²) in [5.74, 6) is -0.865. The number of aromatic carboxylic acids is 1. The van der Waals surface area contributed by atoms with Crippen LogP contribution < -0.4 is 5.32 Å². The Labute approximate surface area is 110 Å². The Morgan fingerprint density at radius 1 is 1.28 bits per heavy atom. The summed E-state index contributed by atoms with van der Waals surface area (Å²) in [7, 11) is 0. The minimum absolute atomic E-state index is 0.368. The van der Waals surface area contributed by atoms with Crippen molar-refractivity contribution in [1.29, 1.82) is 0 Å². The Morgan fingerprint density at radius 3 is 2.61 bits per heavy atom. The third kappa shape index (κ3) is 3.42. The minimum atomic E-state index is -0.865. The van der Waals surface area contributed by atoms with Crippen LogP contribution in [0.2, 0.25) is 0 Å². The lowest BCUT2D eigenvalue weighted by atomic mass is 10.1. The second kappa shape index (κ2) is 5.80. The Balaban J connectivity index is 1.84. The van der Waals surface area contributed by atoms with Crippen LogP contribution in [0.3, 0.4) is 0 Å². The quantitative estimate of drug-likeness (QED) is 0.869. The van der Waals surface area contributed by atoms with Crippen LogP contribution in [0.15, 0.2) is 35.7 Å². The molecule has 0 spiro atoms. The van der Waals surface area contributed by atoms with Gasteiger partial charge in [0, 0.05) is 23.3 Å². The predicted octanol–water partition coefficient (Wildman–Crippen LogP) is 3.04. The van der Waals surface area contributed by atoms with Crippen LogP contribution in [0, 0.1) is 6.92 Å². The molecule has 1 aromatic carbocycles. The molecule has 94 valence electrons. The average Bonchev–Trinajstić information content (AvgIpc) is 2.81. The Bertz CT molecular complexity index is 531. The van der Waals surface area contributed by atoms with Gasteiger partial charge in [-0.15, -0.1) is 11.3 Å². The molecular weight excluding hydrogens is 246 g/mol. The molecule has 4 heteroatoms. The van der Waals surface area contributed by atoms with E-state index in [1.807, 2.05) is 0 Å². The molecule has 0 atom stereocenters. The highest BCUT2D eigenvalue weighted by molar-refractivity contribution is 7.10. The topological polar surface area (TPSA) is 49.3 Å². The SMILES string of the molecule is Cc1ccc(CNCc2cc(C(=O)O)cs2)cc1. The third-order valence-corrected chi connectivity index (χ3v) is 3.59. The molecule has 2 aromatic rings. The van der Waals surface area contributed by atoms with Crippen molar-refractivity contribution in [1.82, 2.24) is 5.32 Å². The maximum atomic E-state index is 10.7. The first kappa shape index (κ1) is 12.8. The second-order valence-corrected chi connectivity index (χ2v) is 5.19. The minimum Gasteiger partial charge on any atom is -0.478 e. The molecule has 0 amide bonds. The zero-order chi connectivity index (χ0) is 13.0. The van der Waals surface area contributed by atoms with E-state index in [1.165, 1.54) is 22.5 Å². The smallest absolute Gasteiger partial charge is 0.336 e. The van der Waals surface area contributed by atoms with Crippen molar-refractivity contribution in [2.75, 3.05) is 0 Å². The van der Waals surface area contributed by atoms with Crippen LogP contribution in [0.4, 0.5) is 0 Å². The first-order valence-corrected chi connectivity index (χ1v) is 6.60. The average molecular weight is 261 g/mol. The lowest BCUT2D eigenvalue weighted by Crippen LogP contribution is -2.11. The Morgan fingerprint density at radius 2 is 2.00 bits per heavy atom. The van der Waals surface area contributed by atoms with Crippen LogP contribution in [-0.2, 0) is 13.1 Å². The van der Waals surface area contributed by atoms with Gasteiger partial charge < -0.3 is 10.4 Å². The van der Waals surface area contributed by atoms with Crippen molar-refractivity contribution in [2.45, 2.75) is 20.0 Å². The van der Waals surface area contributed by atoms with Gasteiger partial charge in [-0.2, -0.15) is 0 Å². The highest BCUT2D eigenvalue weighted by Gasteiger charge is 2.05. The first-order chi connectivity index (χ1) is 8.65. The summed E-state index contributed by atoms with van der Waals surface area (Å²) in [5.41, 5.74) is 2.85. The number of nitrogens with one attached hydrogen (secondary N) is 1. The molecule has 2 N–H and O–H groups in total. The zero-order valence-corrected chi connectivity index (χ0v) is 11.0. The number of hydrogen-bond donors (Lipinski definition) is 2. The molecule has 3 nitrogen and oxygen atoms in total. The van der Waals surface area contributed by atoms with Gasteiger partial charge >= 0.3 is 5.97 Å². The summed E-state index contributed by atoms with van der Waals surface area (Å²) in [4.78, 5) is 11.8. The van der Waals surface area contributed by atoms with E-state index in [1.54, 1.807) is 11.4 Å². The number of aryl methyl sites for hydroxylation is 1. The predicted molar refractivity (Wildman–Crippen MR) is 73.0 cm³/mol. The molecule has 0 aliphatic rings. The number of thiophene rings is 1. The fourth-order valence-corrected chi connectivity index (χ4v) is 2.45. The molecule has 1 heterocycles. The highest BCUT2D eigenvalue weighted by Crippen LogP contribution is 2.14. The molecule has 0 saturated heterocycles. The molecule has 2 rings (SSSR count). The molecule has 0 saturated carbocycles. The van der Waals surface area contributed by atoms with E-state index in [0.29, 0.717) is 12.1 Å². The van der Waals surface area contributed by atoms with E-state index in [-0.39, 0.29) is 0 Å². The van der Waals surface area contributed by atoms with E-state index in [4.69, 9.17) is 5.11 Å². The molecule has 1 aromatic heterocycles. The number of rotatable bonds is 5. The second-order valence-electron chi connectivity index (χ2n) is 4.20. The van der Waals surface area contributed by atoms with Gasteiger partial charge in [0.1, 0.15) is 0 Å². The van der Waals surface area contributed by atoms with Gasteiger partial charge in [-0.1, -0.05) is 29.8 Å². The first-order valence-electron chi connectivity index (χ1n) is 5.72. The maximum Gasteiger partial charge on any atom is 0.336 e. The number of carboxylic acids is 1. The Hall–Kier alpha value is -1.65. The highest BCUT2D eigenvalue weighted by atomic mass is 32.1. The molecular formula is C14H15NO2S. The van der Waals surface area contributed by atoms with Gasteiger partial charge in [0.2, 0.25) is 0 Å². The van der Waals surface area contributed by atoms with Gasteiger partial charge in [-0.25, -0.2) is 4.79 Å². The molecule has 0 fully saturated rings. The maximum absolute atomic E-state index is 10.7. The summed E-state index contributed by atoms with van der Waals surface area (Å²) < 4.78 is 0. The Kier molecular flexibility index (Phi) is 4.12. The molecule has 0 unspecified atom stereocenters. The van der Waals surface area contributed by atoms with E-state index >= 15 is 0 Å². The van der Waals surface area contributed by atoms with E-state index < -0.39 is 5.97 Å². The number of hydrogen-bond acceptors (Lipinski definition) is 3. The van der Waals surface area contributed by atoms with Crippen LogP contribution in [0.1, 0.15) is 26.4 Å². The molecule has 0 aliphatic heterocycles. The lowest BCUT2D eigenvalue weighted by molar-refractivity contribution is 0.0697. The summed E-state index contributed by atoms with van der Waals surface area (Å²) in [5, 5.41) is 13.8. The van der Waals surface area contributed by atoms with Gasteiger partial charge in [0.15, 0.2) is 0 Å². The van der Waals surface area contributed by atoms with Crippen molar-refractivity contribution in [3.05, 3.63) is 57.3 Å². The van der Waals surface area contributed by atoms with Crippen molar-refractivity contribution in [3.8, 4) is 0 Å². The van der Waals surface area contributed by atoms with Gasteiger partial charge in [0.05, 0.1) is 5.56 Å².